The highest BCUT2D eigenvalue weighted by Crippen LogP contribution is 2.32. The highest BCUT2D eigenvalue weighted by Gasteiger charge is 2.45. The van der Waals surface area contributed by atoms with Crippen LogP contribution in [0.4, 0.5) is 5.69 Å². The Bertz CT molecular complexity index is 819. The minimum absolute atomic E-state index is 0.219. The number of carbonyl (C=O) groups is 3. The van der Waals surface area contributed by atoms with Gasteiger partial charge in [-0.1, -0.05) is 6.07 Å². The zero-order valence-electron chi connectivity index (χ0n) is 17.9. The number of fused-ring (bicyclic) bond motifs is 1. The molecule has 1 fully saturated rings. The van der Waals surface area contributed by atoms with E-state index >= 15 is 0 Å². The van der Waals surface area contributed by atoms with Crippen molar-refractivity contribution in [2.45, 2.75) is 25.1 Å². The van der Waals surface area contributed by atoms with Crippen LogP contribution in [0.25, 0.3) is 0 Å². The van der Waals surface area contributed by atoms with Gasteiger partial charge in [-0.25, -0.2) is 0 Å². The predicted octanol–water partition coefficient (Wildman–Crippen LogP) is -0.700. The van der Waals surface area contributed by atoms with Crippen molar-refractivity contribution >= 4 is 23.4 Å². The number of nitrogens with two attached hydrogens (primary N) is 1. The first kappa shape index (κ1) is 24.1. The van der Waals surface area contributed by atoms with Crippen molar-refractivity contribution in [3.05, 3.63) is 29.3 Å². The van der Waals surface area contributed by atoms with Crippen LogP contribution in [0.15, 0.2) is 18.2 Å². The van der Waals surface area contributed by atoms with Crippen LogP contribution in [-0.4, -0.2) is 92.7 Å². The number of benzene rings is 1. The fourth-order valence-electron chi connectivity index (χ4n) is 3.64. The van der Waals surface area contributed by atoms with Gasteiger partial charge in [0.05, 0.1) is 50.8 Å². The van der Waals surface area contributed by atoms with Gasteiger partial charge in [0.1, 0.15) is 12.3 Å². The molecule has 11 nitrogen and oxygen atoms in total. The Kier molecular flexibility index (Phi) is 8.94. The number of carbonyl (C=O) groups excluding carboxylic acids is 3. The minimum Gasteiger partial charge on any atom is -0.382 e. The van der Waals surface area contributed by atoms with Crippen LogP contribution in [-0.2, 0) is 19.0 Å². The minimum atomic E-state index is -0.957. The van der Waals surface area contributed by atoms with Crippen LogP contribution in [0.2, 0.25) is 0 Å². The van der Waals surface area contributed by atoms with Gasteiger partial charge in [-0.15, -0.1) is 0 Å². The molecule has 5 N–H and O–H groups in total. The maximum Gasteiger partial charge on any atom is 0.264 e. The van der Waals surface area contributed by atoms with Gasteiger partial charge >= 0.3 is 0 Å². The summed E-state index contributed by atoms with van der Waals surface area (Å²) in [7, 11) is 0. The molecule has 1 aromatic rings. The predicted molar refractivity (Wildman–Crippen MR) is 114 cm³/mol. The highest BCUT2D eigenvalue weighted by molar-refractivity contribution is 6.25. The van der Waals surface area contributed by atoms with Crippen LogP contribution in [0, 0.1) is 0 Å². The van der Waals surface area contributed by atoms with E-state index < -0.39 is 30.0 Å². The number of anilines is 1. The molecule has 176 valence electrons. The van der Waals surface area contributed by atoms with Crippen LogP contribution < -0.4 is 16.4 Å². The number of hydrogen-bond acceptors (Lipinski definition) is 9. The summed E-state index contributed by atoms with van der Waals surface area (Å²) in [6, 6.07) is 4.04. The quantitative estimate of drug-likeness (QED) is 0.226. The Morgan fingerprint density at radius 2 is 1.69 bits per heavy atom. The van der Waals surface area contributed by atoms with Gasteiger partial charge in [0.25, 0.3) is 11.8 Å². The summed E-state index contributed by atoms with van der Waals surface area (Å²) in [5, 5.41) is 15.1. The standard InChI is InChI=1S/C21H30N4O7/c22-6-8-30-10-12-32-13-11-31-9-7-23-15-3-1-2-14-18(15)21(29)25(20(14)28)16-4-5-17(26)24-19(16)27/h1-3,16-17,23,26H,4-13,22H2,(H,24,27). The zero-order chi connectivity index (χ0) is 22.9. The fourth-order valence-corrected chi connectivity index (χ4v) is 3.64. The van der Waals surface area contributed by atoms with Crippen molar-refractivity contribution in [3.8, 4) is 0 Å². The molecule has 2 aliphatic heterocycles. The molecule has 11 heteroatoms. The summed E-state index contributed by atoms with van der Waals surface area (Å²) in [6.07, 6.45) is -0.464. The van der Waals surface area contributed by atoms with Crippen LogP contribution in [0.5, 0.6) is 0 Å². The van der Waals surface area contributed by atoms with Crippen molar-refractivity contribution in [2.75, 3.05) is 58.0 Å². The second-order valence-electron chi connectivity index (χ2n) is 7.38. The number of rotatable bonds is 13. The highest BCUT2D eigenvalue weighted by atomic mass is 16.5. The Hall–Kier alpha value is -2.57. The summed E-state index contributed by atoms with van der Waals surface area (Å²) < 4.78 is 16.1. The molecule has 3 amide bonds. The molecule has 32 heavy (non-hydrogen) atoms. The number of aliphatic hydroxyl groups excluding tert-OH is 1. The maximum atomic E-state index is 13.0. The van der Waals surface area contributed by atoms with E-state index in [0.717, 1.165) is 4.90 Å². The number of nitrogens with zero attached hydrogens (tertiary/aromatic N) is 1. The average molecular weight is 450 g/mol. The van der Waals surface area contributed by atoms with Crippen molar-refractivity contribution in [1.82, 2.24) is 10.2 Å². The Morgan fingerprint density at radius 3 is 2.38 bits per heavy atom. The smallest absolute Gasteiger partial charge is 0.264 e. The lowest BCUT2D eigenvalue weighted by Gasteiger charge is -2.31. The number of piperidine rings is 1. The number of ether oxygens (including phenoxy) is 3. The molecule has 0 radical (unpaired) electrons. The number of amides is 3. The topological polar surface area (TPSA) is 152 Å². The Morgan fingerprint density at radius 1 is 1.00 bits per heavy atom. The van der Waals surface area contributed by atoms with Gasteiger partial charge in [-0.3, -0.25) is 19.3 Å². The van der Waals surface area contributed by atoms with E-state index in [1.807, 2.05) is 0 Å². The first-order chi connectivity index (χ1) is 15.5. The average Bonchev–Trinajstić information content (AvgIpc) is 3.03. The molecule has 2 atom stereocenters. The zero-order valence-corrected chi connectivity index (χ0v) is 17.9. The SMILES string of the molecule is NCCOCCOCCOCCNc1cccc2c1C(=O)N(C1CCC(O)NC1=O)C2=O. The third-order valence-electron chi connectivity index (χ3n) is 5.15. The Labute approximate surface area is 186 Å². The van der Waals surface area contributed by atoms with Gasteiger partial charge in [0, 0.05) is 18.8 Å². The molecular weight excluding hydrogens is 420 g/mol. The molecule has 3 rings (SSSR count). The third-order valence-corrected chi connectivity index (χ3v) is 5.15. The van der Waals surface area contributed by atoms with Gasteiger partial charge in [0.2, 0.25) is 5.91 Å². The normalized spacial score (nSPS) is 20.4. The molecular formula is C21H30N4O7. The number of hydrogen-bond donors (Lipinski definition) is 4. The van der Waals surface area contributed by atoms with E-state index in [9.17, 15) is 19.5 Å². The van der Waals surface area contributed by atoms with E-state index in [-0.39, 0.29) is 24.0 Å². The van der Waals surface area contributed by atoms with Crippen molar-refractivity contribution in [3.63, 3.8) is 0 Å². The van der Waals surface area contributed by atoms with E-state index in [2.05, 4.69) is 10.6 Å². The largest absolute Gasteiger partial charge is 0.382 e. The monoisotopic (exact) mass is 450 g/mol. The number of nitrogens with one attached hydrogen (secondary N) is 2. The van der Waals surface area contributed by atoms with E-state index in [0.29, 0.717) is 58.4 Å². The van der Waals surface area contributed by atoms with Crippen LogP contribution in [0.3, 0.4) is 0 Å². The first-order valence-electron chi connectivity index (χ1n) is 10.7. The van der Waals surface area contributed by atoms with E-state index in [1.165, 1.54) is 0 Å². The fraction of sp³-hybridized carbons (Fsp3) is 0.571. The summed E-state index contributed by atoms with van der Waals surface area (Å²) in [6.45, 7) is 3.62. The first-order valence-corrected chi connectivity index (χ1v) is 10.7. The third kappa shape index (κ3) is 5.81. The molecule has 2 aliphatic rings. The molecule has 0 aliphatic carbocycles. The number of aliphatic hydroxyl groups is 1. The molecule has 2 unspecified atom stereocenters. The molecule has 2 heterocycles. The lowest BCUT2D eigenvalue weighted by Crippen LogP contribution is -2.55. The molecule has 0 saturated carbocycles. The summed E-state index contributed by atoms with van der Waals surface area (Å²) in [4.78, 5) is 39.1. The van der Waals surface area contributed by atoms with Gasteiger partial charge in [-0.05, 0) is 25.0 Å². The Balaban J connectivity index is 1.46. The number of imide groups is 1. The summed E-state index contributed by atoms with van der Waals surface area (Å²) >= 11 is 0. The lowest BCUT2D eigenvalue weighted by atomic mass is 10.0. The second-order valence-corrected chi connectivity index (χ2v) is 7.38. The lowest BCUT2D eigenvalue weighted by molar-refractivity contribution is -0.131. The second kappa shape index (κ2) is 11.9. The molecule has 0 bridgehead atoms. The van der Waals surface area contributed by atoms with Crippen LogP contribution >= 0.6 is 0 Å². The molecule has 1 aromatic carbocycles. The van der Waals surface area contributed by atoms with Gasteiger partial charge in [0.15, 0.2) is 0 Å². The van der Waals surface area contributed by atoms with Crippen molar-refractivity contribution in [1.29, 1.82) is 0 Å². The molecule has 0 spiro atoms. The van der Waals surface area contributed by atoms with Crippen molar-refractivity contribution < 1.29 is 33.7 Å². The summed E-state index contributed by atoms with van der Waals surface area (Å²) in [5.41, 5.74) is 6.33. The van der Waals surface area contributed by atoms with Gasteiger partial charge in [-0.2, -0.15) is 0 Å². The van der Waals surface area contributed by atoms with E-state index in [1.54, 1.807) is 18.2 Å². The van der Waals surface area contributed by atoms with Gasteiger partial charge < -0.3 is 35.7 Å². The molecule has 1 saturated heterocycles. The van der Waals surface area contributed by atoms with E-state index in [4.69, 9.17) is 19.9 Å². The molecule has 0 aromatic heterocycles. The maximum absolute atomic E-state index is 13.0. The van der Waals surface area contributed by atoms with Crippen molar-refractivity contribution in [2.24, 2.45) is 5.73 Å². The summed E-state index contributed by atoms with van der Waals surface area (Å²) in [5.74, 6) is -1.56. The van der Waals surface area contributed by atoms with Crippen LogP contribution in [0.1, 0.15) is 33.6 Å².